The molecule has 2 aromatic rings. The van der Waals surface area contributed by atoms with Gasteiger partial charge < -0.3 is 10.1 Å². The molecule has 3 nitrogen and oxygen atoms in total. The number of hydrogen-bond donors (Lipinski definition) is 1. The van der Waals surface area contributed by atoms with Crippen LogP contribution in [0.25, 0.3) is 10.8 Å². The summed E-state index contributed by atoms with van der Waals surface area (Å²) in [6.45, 7) is 0.250. The third-order valence-corrected chi connectivity index (χ3v) is 2.57. The van der Waals surface area contributed by atoms with E-state index in [4.69, 9.17) is 4.74 Å². The van der Waals surface area contributed by atoms with Gasteiger partial charge in [-0.1, -0.05) is 30.3 Å². The van der Waals surface area contributed by atoms with Crippen LogP contribution in [0.5, 0.6) is 5.75 Å². The van der Waals surface area contributed by atoms with Gasteiger partial charge >= 0.3 is 0 Å². The second-order valence-corrected chi connectivity index (χ2v) is 3.46. The van der Waals surface area contributed by atoms with E-state index >= 15 is 0 Å². The second kappa shape index (κ2) is 2.98. The number of benzene rings is 2. The summed E-state index contributed by atoms with van der Waals surface area (Å²) in [7, 11) is 0. The summed E-state index contributed by atoms with van der Waals surface area (Å²) in [5, 5.41) is 4.72. The van der Waals surface area contributed by atoms with Crippen LogP contribution in [-0.4, -0.2) is 12.6 Å². The molecule has 1 heterocycles. The molecule has 1 amide bonds. The number of hydrogen-bond acceptors (Lipinski definition) is 2. The van der Waals surface area contributed by atoms with Gasteiger partial charge in [0, 0.05) is 5.39 Å². The predicted molar refractivity (Wildman–Crippen MR) is 56.9 cm³/mol. The van der Waals surface area contributed by atoms with Crippen molar-refractivity contribution in [3.63, 3.8) is 0 Å². The van der Waals surface area contributed by atoms with Crippen molar-refractivity contribution >= 4 is 16.7 Å². The highest BCUT2D eigenvalue weighted by atomic mass is 16.5. The highest BCUT2D eigenvalue weighted by molar-refractivity contribution is 6.04. The molecule has 0 unspecified atom stereocenters. The molecule has 1 aliphatic rings. The fraction of sp³-hybridized carbons (Fsp3) is 0.0833. The Hall–Kier alpha value is -2.03. The lowest BCUT2D eigenvalue weighted by atomic mass is 10.0. The van der Waals surface area contributed by atoms with E-state index in [2.05, 4.69) is 5.32 Å². The number of nitrogens with one attached hydrogen (secondary N) is 1. The Morgan fingerprint density at radius 2 is 2.00 bits per heavy atom. The minimum absolute atomic E-state index is 0.0676. The molecule has 15 heavy (non-hydrogen) atoms. The summed E-state index contributed by atoms with van der Waals surface area (Å²) in [6, 6.07) is 11.6. The Balaban J connectivity index is 2.38. The van der Waals surface area contributed by atoms with Crippen LogP contribution in [0.2, 0.25) is 0 Å². The molecule has 0 radical (unpaired) electrons. The van der Waals surface area contributed by atoms with Crippen LogP contribution in [0.3, 0.4) is 0 Å². The van der Waals surface area contributed by atoms with Crippen LogP contribution in [0.1, 0.15) is 10.4 Å². The van der Waals surface area contributed by atoms with E-state index in [0.29, 0.717) is 11.3 Å². The van der Waals surface area contributed by atoms with Gasteiger partial charge in [-0.15, -0.1) is 0 Å². The first kappa shape index (κ1) is 8.29. The van der Waals surface area contributed by atoms with E-state index in [-0.39, 0.29) is 12.6 Å². The normalized spacial score (nSPS) is 14.3. The van der Waals surface area contributed by atoms with Gasteiger partial charge in [0.2, 0.25) is 0 Å². The Morgan fingerprint density at radius 1 is 1.13 bits per heavy atom. The Morgan fingerprint density at radius 3 is 2.93 bits per heavy atom. The first-order chi connectivity index (χ1) is 7.36. The van der Waals surface area contributed by atoms with Gasteiger partial charge in [-0.2, -0.15) is 0 Å². The minimum atomic E-state index is -0.0676. The molecule has 0 atom stereocenters. The maximum Gasteiger partial charge on any atom is 0.257 e. The summed E-state index contributed by atoms with van der Waals surface area (Å²) in [6.07, 6.45) is 0. The fourth-order valence-electron chi connectivity index (χ4n) is 1.85. The van der Waals surface area contributed by atoms with E-state index in [1.807, 2.05) is 30.3 Å². The highest BCUT2D eigenvalue weighted by Gasteiger charge is 2.19. The molecule has 0 fully saturated rings. The molecular formula is C12H9NO2. The molecular weight excluding hydrogens is 190 g/mol. The molecule has 0 saturated heterocycles. The monoisotopic (exact) mass is 199 g/mol. The largest absolute Gasteiger partial charge is 0.472 e. The van der Waals surface area contributed by atoms with Crippen LogP contribution in [0.4, 0.5) is 0 Å². The summed E-state index contributed by atoms with van der Waals surface area (Å²) in [5.74, 6) is 0.624. The first-order valence-electron chi connectivity index (χ1n) is 4.79. The molecule has 1 aliphatic heterocycles. The second-order valence-electron chi connectivity index (χ2n) is 3.46. The average molecular weight is 199 g/mol. The SMILES string of the molecule is O=C1NCOc2c1ccc1ccccc21. The molecule has 0 saturated carbocycles. The lowest BCUT2D eigenvalue weighted by Crippen LogP contribution is -2.32. The first-order valence-corrected chi connectivity index (χ1v) is 4.79. The molecule has 2 aromatic carbocycles. The van der Waals surface area contributed by atoms with E-state index in [0.717, 1.165) is 10.8 Å². The van der Waals surface area contributed by atoms with Gasteiger partial charge in [-0.05, 0) is 11.5 Å². The van der Waals surface area contributed by atoms with E-state index < -0.39 is 0 Å². The minimum Gasteiger partial charge on any atom is -0.472 e. The van der Waals surface area contributed by atoms with Crippen molar-refractivity contribution in [2.75, 3.05) is 6.73 Å². The van der Waals surface area contributed by atoms with Crippen LogP contribution >= 0.6 is 0 Å². The van der Waals surface area contributed by atoms with Crippen LogP contribution < -0.4 is 10.1 Å². The molecule has 74 valence electrons. The molecule has 0 aliphatic carbocycles. The number of carbonyl (C=O) groups is 1. The zero-order chi connectivity index (χ0) is 10.3. The third kappa shape index (κ3) is 1.16. The summed E-state index contributed by atoms with van der Waals surface area (Å²) in [5.41, 5.74) is 0.611. The molecule has 0 bridgehead atoms. The van der Waals surface area contributed by atoms with Crippen molar-refractivity contribution in [3.05, 3.63) is 42.0 Å². The van der Waals surface area contributed by atoms with Gasteiger partial charge in [-0.25, -0.2) is 0 Å². The highest BCUT2D eigenvalue weighted by Crippen LogP contribution is 2.31. The van der Waals surface area contributed by atoms with E-state index in [1.54, 1.807) is 6.07 Å². The number of carbonyl (C=O) groups excluding carboxylic acids is 1. The van der Waals surface area contributed by atoms with Gasteiger partial charge in [0.25, 0.3) is 5.91 Å². The van der Waals surface area contributed by atoms with E-state index in [9.17, 15) is 4.79 Å². The van der Waals surface area contributed by atoms with Crippen molar-refractivity contribution < 1.29 is 9.53 Å². The fourth-order valence-corrected chi connectivity index (χ4v) is 1.85. The van der Waals surface area contributed by atoms with Gasteiger partial charge in [0.15, 0.2) is 6.73 Å². The number of amides is 1. The Kier molecular flexibility index (Phi) is 1.65. The predicted octanol–water partition coefficient (Wildman–Crippen LogP) is 1.92. The van der Waals surface area contributed by atoms with Crippen LogP contribution in [0.15, 0.2) is 36.4 Å². The average Bonchev–Trinajstić information content (AvgIpc) is 2.29. The smallest absolute Gasteiger partial charge is 0.257 e. The molecule has 0 aromatic heterocycles. The zero-order valence-corrected chi connectivity index (χ0v) is 7.99. The van der Waals surface area contributed by atoms with Crippen molar-refractivity contribution in [2.24, 2.45) is 0 Å². The van der Waals surface area contributed by atoms with Crippen molar-refractivity contribution in [1.82, 2.24) is 5.32 Å². The Labute approximate surface area is 86.7 Å². The van der Waals surface area contributed by atoms with E-state index in [1.165, 1.54) is 0 Å². The van der Waals surface area contributed by atoms with Crippen molar-refractivity contribution in [3.8, 4) is 5.75 Å². The number of fused-ring (bicyclic) bond motifs is 3. The quantitative estimate of drug-likeness (QED) is 0.704. The summed E-state index contributed by atoms with van der Waals surface area (Å²) in [4.78, 5) is 11.5. The standard InChI is InChI=1S/C12H9NO2/c14-12-10-6-5-8-3-1-2-4-9(8)11(10)15-7-13-12/h1-6H,7H2,(H,13,14). The summed E-state index contributed by atoms with van der Waals surface area (Å²) < 4.78 is 5.48. The molecule has 3 heteroatoms. The van der Waals surface area contributed by atoms with Gasteiger partial charge in [0.1, 0.15) is 5.75 Å². The van der Waals surface area contributed by atoms with Gasteiger partial charge in [-0.3, -0.25) is 4.79 Å². The molecule has 1 N–H and O–H groups in total. The summed E-state index contributed by atoms with van der Waals surface area (Å²) >= 11 is 0. The van der Waals surface area contributed by atoms with Crippen molar-refractivity contribution in [2.45, 2.75) is 0 Å². The third-order valence-electron chi connectivity index (χ3n) is 2.57. The number of rotatable bonds is 0. The Bertz CT molecular complexity index is 548. The molecule has 0 spiro atoms. The van der Waals surface area contributed by atoms with Crippen LogP contribution in [0, 0.1) is 0 Å². The number of ether oxygens (including phenoxy) is 1. The lowest BCUT2D eigenvalue weighted by Gasteiger charge is -2.19. The van der Waals surface area contributed by atoms with Crippen molar-refractivity contribution in [1.29, 1.82) is 0 Å². The topological polar surface area (TPSA) is 38.3 Å². The van der Waals surface area contributed by atoms with Crippen LogP contribution in [-0.2, 0) is 0 Å². The maximum absolute atomic E-state index is 11.5. The zero-order valence-electron chi connectivity index (χ0n) is 7.99. The molecule has 3 rings (SSSR count). The van der Waals surface area contributed by atoms with Gasteiger partial charge in [0.05, 0.1) is 5.56 Å². The lowest BCUT2D eigenvalue weighted by molar-refractivity contribution is 0.0885. The maximum atomic E-state index is 11.5.